The lowest BCUT2D eigenvalue weighted by atomic mass is 9.99. The third kappa shape index (κ3) is 4.53. The highest BCUT2D eigenvalue weighted by Gasteiger charge is 2.25. The Kier molecular flexibility index (Phi) is 6.21. The average Bonchev–Trinajstić information content (AvgIpc) is 2.61. The standard InChI is InChI=1S/C18H20FN3O4/c1-3-11(2)17(18(25)26)20-15(23)10-22-16(24)9-8-14(21-22)12-6-4-5-7-13(12)19/h4-9,11,17H,3,10H2,1-2H3,(H,20,23)(H,25,26)/t11-,17-/m1/s1. The van der Waals surface area contributed by atoms with Crippen molar-refractivity contribution in [1.82, 2.24) is 15.1 Å². The van der Waals surface area contributed by atoms with E-state index in [9.17, 15) is 23.9 Å². The molecular weight excluding hydrogens is 341 g/mol. The molecule has 7 nitrogen and oxygen atoms in total. The van der Waals surface area contributed by atoms with Gasteiger partial charge in [0.15, 0.2) is 0 Å². The number of hydrogen-bond acceptors (Lipinski definition) is 4. The van der Waals surface area contributed by atoms with Crippen molar-refractivity contribution in [2.45, 2.75) is 32.9 Å². The smallest absolute Gasteiger partial charge is 0.326 e. The van der Waals surface area contributed by atoms with Crippen LogP contribution in [-0.4, -0.2) is 32.8 Å². The van der Waals surface area contributed by atoms with Gasteiger partial charge in [-0.3, -0.25) is 9.59 Å². The summed E-state index contributed by atoms with van der Waals surface area (Å²) in [7, 11) is 0. The second kappa shape index (κ2) is 8.37. The number of nitrogens with zero attached hydrogens (tertiary/aromatic N) is 2. The van der Waals surface area contributed by atoms with Crippen LogP contribution in [0.5, 0.6) is 0 Å². The lowest BCUT2D eigenvalue weighted by Crippen LogP contribution is -2.47. The topological polar surface area (TPSA) is 101 Å². The largest absolute Gasteiger partial charge is 0.480 e. The molecule has 0 fully saturated rings. The van der Waals surface area contributed by atoms with Crippen molar-refractivity contribution in [3.05, 3.63) is 52.6 Å². The number of carboxylic acid groups (broad SMARTS) is 1. The van der Waals surface area contributed by atoms with Crippen LogP contribution < -0.4 is 10.9 Å². The molecule has 138 valence electrons. The highest BCUT2D eigenvalue weighted by molar-refractivity contribution is 5.83. The van der Waals surface area contributed by atoms with Gasteiger partial charge in [0.25, 0.3) is 5.56 Å². The molecule has 0 bridgehead atoms. The number of rotatable bonds is 7. The van der Waals surface area contributed by atoms with E-state index in [-0.39, 0.29) is 17.2 Å². The number of hydrogen-bond donors (Lipinski definition) is 2. The van der Waals surface area contributed by atoms with Gasteiger partial charge in [-0.15, -0.1) is 0 Å². The van der Waals surface area contributed by atoms with E-state index in [2.05, 4.69) is 10.4 Å². The van der Waals surface area contributed by atoms with E-state index in [0.29, 0.717) is 6.42 Å². The minimum absolute atomic E-state index is 0.199. The Morgan fingerprint density at radius 3 is 2.58 bits per heavy atom. The Balaban J connectivity index is 2.22. The fourth-order valence-electron chi connectivity index (χ4n) is 2.41. The number of benzene rings is 1. The zero-order chi connectivity index (χ0) is 19.3. The SMILES string of the molecule is CC[C@@H](C)[C@@H](NC(=O)Cn1nc(-c2ccccc2F)ccc1=O)C(=O)O. The fourth-order valence-corrected chi connectivity index (χ4v) is 2.41. The molecule has 0 aliphatic heterocycles. The van der Waals surface area contributed by atoms with Crippen molar-refractivity contribution in [3.63, 3.8) is 0 Å². The number of carbonyl (C=O) groups excluding carboxylic acids is 1. The summed E-state index contributed by atoms with van der Waals surface area (Å²) >= 11 is 0. The monoisotopic (exact) mass is 361 g/mol. The number of aromatic nitrogens is 2. The molecule has 0 unspecified atom stereocenters. The molecular formula is C18H20FN3O4. The van der Waals surface area contributed by atoms with Gasteiger partial charge in [-0.25, -0.2) is 13.9 Å². The Morgan fingerprint density at radius 2 is 1.96 bits per heavy atom. The number of nitrogens with one attached hydrogen (secondary N) is 1. The normalized spacial score (nSPS) is 13.0. The highest BCUT2D eigenvalue weighted by Crippen LogP contribution is 2.18. The summed E-state index contributed by atoms with van der Waals surface area (Å²) in [5.41, 5.74) is -0.146. The van der Waals surface area contributed by atoms with E-state index >= 15 is 0 Å². The highest BCUT2D eigenvalue weighted by atomic mass is 19.1. The second-order valence-electron chi connectivity index (χ2n) is 5.96. The minimum atomic E-state index is -1.15. The molecule has 1 amide bonds. The summed E-state index contributed by atoms with van der Waals surface area (Å²) in [6, 6.07) is 7.44. The van der Waals surface area contributed by atoms with E-state index in [0.717, 1.165) is 4.68 Å². The van der Waals surface area contributed by atoms with Crippen LogP contribution >= 0.6 is 0 Å². The molecule has 0 aliphatic rings. The van der Waals surface area contributed by atoms with Gasteiger partial charge < -0.3 is 10.4 Å². The van der Waals surface area contributed by atoms with Gasteiger partial charge in [0.1, 0.15) is 18.4 Å². The Morgan fingerprint density at radius 1 is 1.27 bits per heavy atom. The lowest BCUT2D eigenvalue weighted by molar-refractivity contribution is -0.143. The number of amides is 1. The predicted molar refractivity (Wildman–Crippen MR) is 92.9 cm³/mol. The molecule has 26 heavy (non-hydrogen) atoms. The molecule has 0 saturated carbocycles. The molecule has 0 aliphatic carbocycles. The number of halogens is 1. The zero-order valence-electron chi connectivity index (χ0n) is 14.5. The molecule has 2 N–H and O–H groups in total. The summed E-state index contributed by atoms with van der Waals surface area (Å²) in [4.78, 5) is 35.4. The van der Waals surface area contributed by atoms with Crippen molar-refractivity contribution in [2.75, 3.05) is 0 Å². The van der Waals surface area contributed by atoms with Crippen LogP contribution in [0.3, 0.4) is 0 Å². The van der Waals surface area contributed by atoms with E-state index in [1.807, 2.05) is 6.92 Å². The molecule has 1 aromatic carbocycles. The molecule has 8 heteroatoms. The molecule has 0 saturated heterocycles. The molecule has 2 rings (SSSR count). The van der Waals surface area contributed by atoms with Crippen LogP contribution in [0.1, 0.15) is 20.3 Å². The van der Waals surface area contributed by atoms with E-state index in [4.69, 9.17) is 0 Å². The van der Waals surface area contributed by atoms with Crippen LogP contribution in [0, 0.1) is 11.7 Å². The van der Waals surface area contributed by atoms with Gasteiger partial charge in [-0.2, -0.15) is 5.10 Å². The average molecular weight is 361 g/mol. The summed E-state index contributed by atoms with van der Waals surface area (Å²) in [5.74, 6) is -2.57. The molecule has 2 atom stereocenters. The van der Waals surface area contributed by atoms with E-state index in [1.54, 1.807) is 13.0 Å². The molecule has 1 aromatic heterocycles. The van der Waals surface area contributed by atoms with Gasteiger partial charge in [-0.1, -0.05) is 32.4 Å². The van der Waals surface area contributed by atoms with Crippen molar-refractivity contribution >= 4 is 11.9 Å². The Bertz CT molecular complexity index is 866. The Labute approximate surface area is 149 Å². The van der Waals surface area contributed by atoms with Crippen LogP contribution in [0.2, 0.25) is 0 Å². The molecule has 1 heterocycles. The van der Waals surface area contributed by atoms with Gasteiger partial charge >= 0.3 is 5.97 Å². The first kappa shape index (κ1) is 19.3. The summed E-state index contributed by atoms with van der Waals surface area (Å²) in [6.45, 7) is 3.07. The van der Waals surface area contributed by atoms with Crippen molar-refractivity contribution in [3.8, 4) is 11.3 Å². The van der Waals surface area contributed by atoms with E-state index < -0.39 is 35.8 Å². The summed E-state index contributed by atoms with van der Waals surface area (Å²) in [6.07, 6.45) is 0.568. The molecule has 0 radical (unpaired) electrons. The van der Waals surface area contributed by atoms with Crippen LogP contribution in [0.4, 0.5) is 4.39 Å². The van der Waals surface area contributed by atoms with Crippen molar-refractivity contribution < 1.29 is 19.1 Å². The predicted octanol–water partition coefficient (Wildman–Crippen LogP) is 1.66. The van der Waals surface area contributed by atoms with Crippen LogP contribution in [0.25, 0.3) is 11.3 Å². The third-order valence-corrected chi connectivity index (χ3v) is 4.11. The summed E-state index contributed by atoms with van der Waals surface area (Å²) < 4.78 is 14.8. The molecule has 2 aromatic rings. The second-order valence-corrected chi connectivity index (χ2v) is 5.96. The third-order valence-electron chi connectivity index (χ3n) is 4.11. The first-order valence-corrected chi connectivity index (χ1v) is 8.18. The molecule has 0 spiro atoms. The number of aliphatic carboxylic acids is 1. The first-order chi connectivity index (χ1) is 12.3. The van der Waals surface area contributed by atoms with Crippen molar-refractivity contribution in [2.24, 2.45) is 5.92 Å². The van der Waals surface area contributed by atoms with Crippen molar-refractivity contribution in [1.29, 1.82) is 0 Å². The first-order valence-electron chi connectivity index (χ1n) is 8.18. The maximum atomic E-state index is 13.9. The lowest BCUT2D eigenvalue weighted by Gasteiger charge is -2.20. The van der Waals surface area contributed by atoms with Gasteiger partial charge in [-0.05, 0) is 24.1 Å². The number of carbonyl (C=O) groups is 2. The van der Waals surface area contributed by atoms with Gasteiger partial charge in [0.2, 0.25) is 5.91 Å². The maximum Gasteiger partial charge on any atom is 0.326 e. The van der Waals surface area contributed by atoms with Crippen LogP contribution in [0.15, 0.2) is 41.2 Å². The maximum absolute atomic E-state index is 13.9. The number of carboxylic acids is 1. The Hall–Kier alpha value is -3.03. The zero-order valence-corrected chi connectivity index (χ0v) is 14.5. The van der Waals surface area contributed by atoms with Gasteiger partial charge in [0.05, 0.1) is 5.69 Å². The summed E-state index contributed by atoms with van der Waals surface area (Å²) in [5, 5.41) is 15.6. The fraction of sp³-hybridized carbons (Fsp3) is 0.333. The minimum Gasteiger partial charge on any atom is -0.480 e. The van der Waals surface area contributed by atoms with E-state index in [1.165, 1.54) is 30.3 Å². The van der Waals surface area contributed by atoms with Crippen LogP contribution in [-0.2, 0) is 16.1 Å². The van der Waals surface area contributed by atoms with Gasteiger partial charge in [0, 0.05) is 11.6 Å². The quantitative estimate of drug-likeness (QED) is 0.781.